The van der Waals surface area contributed by atoms with Crippen LogP contribution < -0.4 is 5.56 Å². The van der Waals surface area contributed by atoms with E-state index in [2.05, 4.69) is 10.1 Å². The molecule has 2 aromatic rings. The van der Waals surface area contributed by atoms with Crippen LogP contribution in [0.2, 0.25) is 0 Å². The van der Waals surface area contributed by atoms with E-state index in [9.17, 15) is 13.2 Å². The van der Waals surface area contributed by atoms with Crippen molar-refractivity contribution in [2.45, 2.75) is 32.2 Å². The summed E-state index contributed by atoms with van der Waals surface area (Å²) in [6.45, 7) is 2.29. The van der Waals surface area contributed by atoms with Gasteiger partial charge in [-0.05, 0) is 19.8 Å². The summed E-state index contributed by atoms with van der Waals surface area (Å²) in [5.41, 5.74) is 1.62. The molecule has 3 heterocycles. The molecule has 1 aliphatic rings. The second kappa shape index (κ2) is 5.73. The van der Waals surface area contributed by atoms with Crippen LogP contribution in [0.25, 0.3) is 5.65 Å². The molecule has 1 N–H and O–H groups in total. The number of aryl methyl sites for hydroxylation is 1. The van der Waals surface area contributed by atoms with Crippen molar-refractivity contribution in [2.75, 3.05) is 20.6 Å². The lowest BCUT2D eigenvalue weighted by molar-refractivity contribution is 0.238. The minimum atomic E-state index is -3.55. The van der Waals surface area contributed by atoms with E-state index in [-0.39, 0.29) is 5.56 Å². The van der Waals surface area contributed by atoms with E-state index in [1.165, 1.54) is 33.3 Å². The number of hydrogen-bond donors (Lipinski definition) is 1. The number of aromatic amines is 1. The van der Waals surface area contributed by atoms with Crippen LogP contribution in [0.3, 0.4) is 0 Å². The summed E-state index contributed by atoms with van der Waals surface area (Å²) in [6, 6.07) is 2.80. The van der Waals surface area contributed by atoms with Gasteiger partial charge in [0.15, 0.2) is 5.65 Å². The number of fused-ring (bicyclic) bond motifs is 1. The molecule has 23 heavy (non-hydrogen) atoms. The molecule has 1 unspecified atom stereocenters. The molecular weight excluding hydrogens is 318 g/mol. The molecule has 126 valence electrons. The van der Waals surface area contributed by atoms with Crippen molar-refractivity contribution in [1.82, 2.24) is 23.2 Å². The van der Waals surface area contributed by atoms with Gasteiger partial charge in [-0.3, -0.25) is 9.89 Å². The van der Waals surface area contributed by atoms with Gasteiger partial charge >= 0.3 is 0 Å². The molecule has 0 radical (unpaired) electrons. The zero-order valence-corrected chi connectivity index (χ0v) is 14.3. The topological polar surface area (TPSA) is 90.8 Å². The fraction of sp³-hybridized carbons (Fsp3) is 0.571. The molecule has 0 aliphatic carbocycles. The van der Waals surface area contributed by atoms with E-state index in [4.69, 9.17) is 0 Å². The Morgan fingerprint density at radius 2 is 2.04 bits per heavy atom. The molecule has 0 aromatic carbocycles. The first-order valence-corrected chi connectivity index (χ1v) is 8.99. The number of nitrogens with one attached hydrogen (secondary N) is 1. The lowest BCUT2D eigenvalue weighted by Gasteiger charge is -2.35. The van der Waals surface area contributed by atoms with Crippen LogP contribution >= 0.6 is 0 Å². The zero-order valence-electron chi connectivity index (χ0n) is 13.5. The molecule has 0 spiro atoms. The predicted octanol–water partition coefficient (Wildman–Crippen LogP) is 0.664. The van der Waals surface area contributed by atoms with Gasteiger partial charge in [-0.1, -0.05) is 6.42 Å². The maximum atomic E-state index is 12.6. The van der Waals surface area contributed by atoms with Crippen molar-refractivity contribution in [3.05, 3.63) is 33.9 Å². The highest BCUT2D eigenvalue weighted by Crippen LogP contribution is 2.32. The van der Waals surface area contributed by atoms with Crippen molar-refractivity contribution < 1.29 is 8.42 Å². The smallest absolute Gasteiger partial charge is 0.282 e. The highest BCUT2D eigenvalue weighted by atomic mass is 32.2. The van der Waals surface area contributed by atoms with E-state index in [1.807, 2.05) is 6.92 Å². The normalized spacial score (nSPS) is 20.4. The molecule has 0 amide bonds. The molecule has 1 aliphatic heterocycles. The summed E-state index contributed by atoms with van der Waals surface area (Å²) in [5.74, 6) is 0. The number of H-pyrrole nitrogens is 1. The molecule has 9 heteroatoms. The van der Waals surface area contributed by atoms with Crippen LogP contribution in [0.15, 0.2) is 16.9 Å². The Kier molecular flexibility index (Phi) is 4.03. The predicted molar refractivity (Wildman–Crippen MR) is 86.5 cm³/mol. The minimum absolute atomic E-state index is 0.231. The average Bonchev–Trinajstić information content (AvgIpc) is 2.88. The quantitative estimate of drug-likeness (QED) is 0.889. The van der Waals surface area contributed by atoms with E-state index in [0.717, 1.165) is 18.5 Å². The van der Waals surface area contributed by atoms with Gasteiger partial charge in [-0.15, -0.1) is 0 Å². The van der Waals surface area contributed by atoms with Gasteiger partial charge in [0.25, 0.3) is 15.8 Å². The SMILES string of the molecule is Cc1cc2nc(C3CCCCN3S(=O)(=O)N(C)C)cc(=O)n2[nH]1. The molecule has 1 saturated heterocycles. The number of aromatic nitrogens is 3. The second-order valence-corrected chi connectivity index (χ2v) is 8.16. The second-order valence-electron chi connectivity index (χ2n) is 6.06. The number of nitrogens with zero attached hydrogens (tertiary/aromatic N) is 4. The maximum Gasteiger partial charge on any atom is 0.282 e. The molecule has 2 aromatic heterocycles. The first-order valence-electron chi connectivity index (χ1n) is 7.59. The Hall–Kier alpha value is -1.71. The van der Waals surface area contributed by atoms with Crippen LogP contribution in [0, 0.1) is 6.92 Å². The minimum Gasteiger partial charge on any atom is -0.294 e. The molecule has 0 bridgehead atoms. The Morgan fingerprint density at radius 3 is 2.74 bits per heavy atom. The fourth-order valence-corrected chi connectivity index (χ4v) is 4.30. The summed E-state index contributed by atoms with van der Waals surface area (Å²) >= 11 is 0. The average molecular weight is 339 g/mol. The van der Waals surface area contributed by atoms with Gasteiger partial charge in [-0.2, -0.15) is 17.0 Å². The summed E-state index contributed by atoms with van der Waals surface area (Å²) in [4.78, 5) is 16.8. The number of piperidine rings is 1. The lowest BCUT2D eigenvalue weighted by Crippen LogP contribution is -2.45. The molecular formula is C14H21N5O3S. The van der Waals surface area contributed by atoms with Crippen LogP contribution in [0.1, 0.15) is 36.7 Å². The Bertz CT molecular complexity index is 883. The molecule has 1 atom stereocenters. The Morgan fingerprint density at radius 1 is 1.30 bits per heavy atom. The van der Waals surface area contributed by atoms with E-state index in [1.54, 1.807) is 6.07 Å². The van der Waals surface area contributed by atoms with Crippen LogP contribution in [-0.4, -0.2) is 52.3 Å². The highest BCUT2D eigenvalue weighted by molar-refractivity contribution is 7.86. The zero-order chi connectivity index (χ0) is 16.8. The largest absolute Gasteiger partial charge is 0.294 e. The molecule has 8 nitrogen and oxygen atoms in total. The van der Waals surface area contributed by atoms with Crippen LogP contribution in [0.4, 0.5) is 0 Å². The third kappa shape index (κ3) is 2.79. The van der Waals surface area contributed by atoms with Gasteiger partial charge in [0.05, 0.1) is 11.7 Å². The summed E-state index contributed by atoms with van der Waals surface area (Å²) in [6.07, 6.45) is 2.39. The van der Waals surface area contributed by atoms with Crippen LogP contribution in [0.5, 0.6) is 0 Å². The molecule has 1 fully saturated rings. The first-order chi connectivity index (χ1) is 10.8. The van der Waals surface area contributed by atoms with Crippen molar-refractivity contribution in [1.29, 1.82) is 0 Å². The van der Waals surface area contributed by atoms with Gasteiger partial charge in [-0.25, -0.2) is 9.50 Å². The van der Waals surface area contributed by atoms with Gasteiger partial charge in [0, 0.05) is 38.5 Å². The molecule has 3 rings (SSSR count). The summed E-state index contributed by atoms with van der Waals surface area (Å²) < 4.78 is 29.1. The molecule has 0 saturated carbocycles. The third-order valence-corrected chi connectivity index (χ3v) is 6.10. The van der Waals surface area contributed by atoms with E-state index < -0.39 is 16.3 Å². The van der Waals surface area contributed by atoms with Gasteiger partial charge in [0.2, 0.25) is 0 Å². The van der Waals surface area contributed by atoms with Gasteiger partial charge in [0.1, 0.15) is 0 Å². The van der Waals surface area contributed by atoms with Crippen molar-refractivity contribution in [3.8, 4) is 0 Å². The Balaban J connectivity index is 2.09. The summed E-state index contributed by atoms with van der Waals surface area (Å²) in [7, 11) is -0.516. The highest BCUT2D eigenvalue weighted by Gasteiger charge is 2.35. The van der Waals surface area contributed by atoms with Crippen LogP contribution in [-0.2, 0) is 10.2 Å². The van der Waals surface area contributed by atoms with Gasteiger partial charge < -0.3 is 0 Å². The first kappa shape index (κ1) is 16.2. The summed E-state index contributed by atoms with van der Waals surface area (Å²) in [5, 5.41) is 2.92. The fourth-order valence-electron chi connectivity index (χ4n) is 2.99. The third-order valence-electron chi connectivity index (χ3n) is 4.15. The lowest BCUT2D eigenvalue weighted by atomic mass is 10.0. The number of hydrogen-bond acceptors (Lipinski definition) is 4. The monoisotopic (exact) mass is 339 g/mol. The van der Waals surface area contributed by atoms with E-state index in [0.29, 0.717) is 24.3 Å². The van der Waals surface area contributed by atoms with Crippen molar-refractivity contribution >= 4 is 15.9 Å². The van der Waals surface area contributed by atoms with E-state index >= 15 is 0 Å². The van der Waals surface area contributed by atoms with Crippen molar-refractivity contribution in [3.63, 3.8) is 0 Å². The maximum absolute atomic E-state index is 12.6. The number of rotatable bonds is 3. The Labute approximate surface area is 134 Å². The standard InChI is InChI=1S/C14H21N5O3S/c1-10-8-13-15-11(9-14(20)19(13)16-10)12-6-4-5-7-18(12)23(21,22)17(2)3/h8-9,12,16H,4-7H2,1-3H3. The van der Waals surface area contributed by atoms with Crippen molar-refractivity contribution in [2.24, 2.45) is 0 Å².